The van der Waals surface area contributed by atoms with Crippen LogP contribution < -0.4 is 10.6 Å². The van der Waals surface area contributed by atoms with Gasteiger partial charge in [0.25, 0.3) is 0 Å². The Kier molecular flexibility index (Phi) is 5.69. The fourth-order valence-corrected chi connectivity index (χ4v) is 4.55. The maximum atomic E-state index is 12.6. The molecule has 2 aliphatic rings. The van der Waals surface area contributed by atoms with Crippen molar-refractivity contribution < 1.29 is 9.59 Å². The van der Waals surface area contributed by atoms with Gasteiger partial charge in [0.2, 0.25) is 11.8 Å². The number of rotatable bonds is 4. The third-order valence-electron chi connectivity index (χ3n) is 4.49. The number of amides is 2. The molecular formula is C17H22ClN3O2S. The molecule has 1 aromatic rings. The van der Waals surface area contributed by atoms with Crippen LogP contribution in [0.15, 0.2) is 23.1 Å². The molecule has 2 N–H and O–H groups in total. The van der Waals surface area contributed by atoms with Gasteiger partial charge in [0, 0.05) is 29.4 Å². The van der Waals surface area contributed by atoms with E-state index in [-0.39, 0.29) is 23.5 Å². The second-order valence-electron chi connectivity index (χ2n) is 6.35. The van der Waals surface area contributed by atoms with E-state index in [0.29, 0.717) is 10.9 Å². The maximum absolute atomic E-state index is 12.6. The van der Waals surface area contributed by atoms with Crippen molar-refractivity contribution in [2.24, 2.45) is 5.92 Å². The lowest BCUT2D eigenvalue weighted by Gasteiger charge is -2.34. The van der Waals surface area contributed by atoms with Gasteiger partial charge in [-0.15, -0.1) is 11.8 Å². The molecule has 0 bridgehead atoms. The first-order valence-corrected chi connectivity index (χ1v) is 9.52. The van der Waals surface area contributed by atoms with Gasteiger partial charge in [0.05, 0.1) is 10.9 Å². The molecule has 1 fully saturated rings. The standard InChI is InChI=1S/C17H22ClN3O2S/c1-19-9-11-3-2-6-21(10-11)16(22)8-15-17(23)20-13-7-12(18)4-5-14(13)24-15/h4-5,7,11,15,19H,2-3,6,8-10H2,1H3,(H,20,23). The fraction of sp³-hybridized carbons (Fsp3) is 0.529. The van der Waals surface area contributed by atoms with Crippen LogP contribution in [0.1, 0.15) is 19.3 Å². The predicted octanol–water partition coefficient (Wildman–Crippen LogP) is 2.60. The molecule has 24 heavy (non-hydrogen) atoms. The Labute approximate surface area is 151 Å². The van der Waals surface area contributed by atoms with Crippen molar-refractivity contribution in [3.63, 3.8) is 0 Å². The molecule has 2 heterocycles. The smallest absolute Gasteiger partial charge is 0.238 e. The Bertz CT molecular complexity index is 638. The summed E-state index contributed by atoms with van der Waals surface area (Å²) in [6.45, 7) is 2.51. The zero-order valence-corrected chi connectivity index (χ0v) is 15.3. The van der Waals surface area contributed by atoms with Crippen molar-refractivity contribution in [2.75, 3.05) is 32.0 Å². The molecule has 0 saturated carbocycles. The minimum atomic E-state index is -0.379. The molecule has 3 rings (SSSR count). The fourth-order valence-electron chi connectivity index (χ4n) is 3.29. The van der Waals surface area contributed by atoms with Crippen molar-refractivity contribution >= 4 is 40.9 Å². The van der Waals surface area contributed by atoms with Crippen LogP contribution >= 0.6 is 23.4 Å². The molecule has 0 radical (unpaired) electrons. The van der Waals surface area contributed by atoms with Gasteiger partial charge in [-0.05, 0) is 50.6 Å². The summed E-state index contributed by atoms with van der Waals surface area (Å²) in [5, 5.41) is 6.26. The molecular weight excluding hydrogens is 346 g/mol. The van der Waals surface area contributed by atoms with Crippen LogP contribution in [0.4, 0.5) is 5.69 Å². The van der Waals surface area contributed by atoms with Crippen LogP contribution in [-0.2, 0) is 9.59 Å². The Morgan fingerprint density at radius 3 is 3.12 bits per heavy atom. The quantitative estimate of drug-likeness (QED) is 0.858. The molecule has 2 aliphatic heterocycles. The van der Waals surface area contributed by atoms with E-state index in [0.717, 1.165) is 43.1 Å². The lowest BCUT2D eigenvalue weighted by molar-refractivity contribution is -0.134. The summed E-state index contributed by atoms with van der Waals surface area (Å²) in [6.07, 6.45) is 2.42. The van der Waals surface area contributed by atoms with E-state index < -0.39 is 0 Å². The third kappa shape index (κ3) is 4.05. The number of hydrogen-bond donors (Lipinski definition) is 2. The normalized spacial score (nSPS) is 23.6. The summed E-state index contributed by atoms with van der Waals surface area (Å²) in [4.78, 5) is 27.8. The van der Waals surface area contributed by atoms with Gasteiger partial charge in [0.1, 0.15) is 0 Å². The van der Waals surface area contributed by atoms with Gasteiger partial charge in [0.15, 0.2) is 0 Å². The molecule has 130 valence electrons. The number of fused-ring (bicyclic) bond motifs is 1. The van der Waals surface area contributed by atoms with Gasteiger partial charge in [-0.2, -0.15) is 0 Å². The molecule has 2 unspecified atom stereocenters. The number of benzene rings is 1. The van der Waals surface area contributed by atoms with E-state index in [9.17, 15) is 9.59 Å². The average Bonchev–Trinajstić information content (AvgIpc) is 2.56. The number of nitrogens with zero attached hydrogens (tertiary/aromatic N) is 1. The SMILES string of the molecule is CNCC1CCCN(C(=O)CC2Sc3ccc(Cl)cc3NC2=O)C1. The summed E-state index contributed by atoms with van der Waals surface area (Å²) in [7, 11) is 1.94. The van der Waals surface area contributed by atoms with E-state index in [1.807, 2.05) is 18.0 Å². The van der Waals surface area contributed by atoms with E-state index in [2.05, 4.69) is 10.6 Å². The van der Waals surface area contributed by atoms with Crippen LogP contribution in [0.5, 0.6) is 0 Å². The van der Waals surface area contributed by atoms with Gasteiger partial charge >= 0.3 is 0 Å². The highest BCUT2D eigenvalue weighted by atomic mass is 35.5. The van der Waals surface area contributed by atoms with E-state index in [1.165, 1.54) is 11.8 Å². The Morgan fingerprint density at radius 2 is 2.33 bits per heavy atom. The Balaban J connectivity index is 1.62. The van der Waals surface area contributed by atoms with Crippen molar-refractivity contribution in [3.8, 4) is 0 Å². The third-order valence-corrected chi connectivity index (χ3v) is 6.00. The molecule has 5 nitrogen and oxygen atoms in total. The largest absolute Gasteiger partial charge is 0.342 e. The molecule has 7 heteroatoms. The number of anilines is 1. The predicted molar refractivity (Wildman–Crippen MR) is 97.6 cm³/mol. The number of carbonyl (C=O) groups is 2. The minimum absolute atomic E-state index is 0.0702. The summed E-state index contributed by atoms with van der Waals surface area (Å²) < 4.78 is 0. The van der Waals surface area contributed by atoms with Gasteiger partial charge in [-0.25, -0.2) is 0 Å². The summed E-state index contributed by atoms with van der Waals surface area (Å²) >= 11 is 7.41. The number of likely N-dealkylation sites (tertiary alicyclic amines) is 1. The molecule has 0 aromatic heterocycles. The molecule has 2 atom stereocenters. The van der Waals surface area contributed by atoms with Crippen LogP contribution in [-0.4, -0.2) is 48.6 Å². The number of carbonyl (C=O) groups excluding carboxylic acids is 2. The van der Waals surface area contributed by atoms with Gasteiger partial charge in [-0.3, -0.25) is 9.59 Å². The van der Waals surface area contributed by atoms with E-state index >= 15 is 0 Å². The van der Waals surface area contributed by atoms with Crippen molar-refractivity contribution in [1.82, 2.24) is 10.2 Å². The number of halogens is 1. The topological polar surface area (TPSA) is 61.4 Å². The molecule has 2 amide bonds. The number of thioether (sulfide) groups is 1. The highest BCUT2D eigenvalue weighted by Crippen LogP contribution is 2.38. The van der Waals surface area contributed by atoms with Gasteiger partial charge in [-0.1, -0.05) is 11.6 Å². The van der Waals surface area contributed by atoms with Crippen molar-refractivity contribution in [2.45, 2.75) is 29.4 Å². The monoisotopic (exact) mass is 367 g/mol. The first-order chi connectivity index (χ1) is 11.6. The Morgan fingerprint density at radius 1 is 1.50 bits per heavy atom. The average molecular weight is 368 g/mol. The molecule has 1 saturated heterocycles. The zero-order valence-electron chi connectivity index (χ0n) is 13.7. The highest BCUT2D eigenvalue weighted by Gasteiger charge is 2.32. The van der Waals surface area contributed by atoms with Crippen LogP contribution in [0.2, 0.25) is 5.02 Å². The van der Waals surface area contributed by atoms with E-state index in [4.69, 9.17) is 11.6 Å². The number of piperidine rings is 1. The summed E-state index contributed by atoms with van der Waals surface area (Å²) in [6, 6.07) is 5.44. The maximum Gasteiger partial charge on any atom is 0.238 e. The minimum Gasteiger partial charge on any atom is -0.342 e. The van der Waals surface area contributed by atoms with Crippen LogP contribution in [0, 0.1) is 5.92 Å². The first-order valence-electron chi connectivity index (χ1n) is 8.26. The molecule has 0 aliphatic carbocycles. The second-order valence-corrected chi connectivity index (χ2v) is 8.03. The van der Waals surface area contributed by atoms with Crippen molar-refractivity contribution in [3.05, 3.63) is 23.2 Å². The lowest BCUT2D eigenvalue weighted by Crippen LogP contribution is -2.44. The number of hydrogen-bond acceptors (Lipinski definition) is 4. The van der Waals surface area contributed by atoms with Crippen LogP contribution in [0.3, 0.4) is 0 Å². The highest BCUT2D eigenvalue weighted by molar-refractivity contribution is 8.01. The second kappa shape index (κ2) is 7.76. The number of nitrogens with one attached hydrogen (secondary N) is 2. The Hall–Kier alpha value is -1.24. The summed E-state index contributed by atoms with van der Waals surface area (Å²) in [5.74, 6) is 0.455. The van der Waals surface area contributed by atoms with Crippen molar-refractivity contribution in [1.29, 1.82) is 0 Å². The first kappa shape index (κ1) is 17.6. The van der Waals surface area contributed by atoms with Gasteiger partial charge < -0.3 is 15.5 Å². The lowest BCUT2D eigenvalue weighted by atomic mass is 9.97. The summed E-state index contributed by atoms with van der Waals surface area (Å²) in [5.41, 5.74) is 0.730. The molecule has 1 aromatic carbocycles. The zero-order chi connectivity index (χ0) is 17.1. The van der Waals surface area contributed by atoms with Crippen LogP contribution in [0.25, 0.3) is 0 Å². The van der Waals surface area contributed by atoms with E-state index in [1.54, 1.807) is 12.1 Å². The molecule has 0 spiro atoms.